The molecule has 0 saturated carbocycles. The molecule has 2 aromatic rings. The second kappa shape index (κ2) is 10.5. The van der Waals surface area contributed by atoms with Crippen LogP contribution in [-0.2, 0) is 37.7 Å². The Hall–Kier alpha value is -3.49. The smallest absolute Gasteiger partial charge is 0.264 e. The van der Waals surface area contributed by atoms with Crippen LogP contribution in [0.5, 0.6) is 0 Å². The number of aliphatic hydroxyl groups is 1. The van der Waals surface area contributed by atoms with Crippen molar-refractivity contribution >= 4 is 29.1 Å². The van der Waals surface area contributed by atoms with Gasteiger partial charge in [0.15, 0.2) is 5.60 Å². The van der Waals surface area contributed by atoms with E-state index in [0.717, 1.165) is 40.9 Å². The molecule has 6 rings (SSSR count). The highest BCUT2D eigenvalue weighted by Crippen LogP contribution is 2.54. The van der Waals surface area contributed by atoms with Crippen molar-refractivity contribution in [2.24, 2.45) is 5.92 Å². The highest BCUT2D eigenvalue weighted by molar-refractivity contribution is 6.08. The highest BCUT2D eigenvalue weighted by Gasteiger charge is 2.60. The number of aliphatic hydroxyl groups excluding tert-OH is 1. The number of carbonyl (C=O) groups excluding carboxylic acids is 3. The van der Waals surface area contributed by atoms with Gasteiger partial charge in [-0.15, -0.1) is 6.58 Å². The summed E-state index contributed by atoms with van der Waals surface area (Å²) >= 11 is 0. The number of hydrogen-bond donors (Lipinski definition) is 1. The lowest BCUT2D eigenvalue weighted by molar-refractivity contribution is -0.150. The third kappa shape index (κ3) is 4.25. The van der Waals surface area contributed by atoms with E-state index in [9.17, 15) is 19.5 Å². The number of anilines is 2. The molecule has 1 spiro atoms. The average molecular weight is 544 g/mol. The monoisotopic (exact) mass is 543 g/mol. The van der Waals surface area contributed by atoms with Crippen LogP contribution in [0.2, 0.25) is 0 Å². The molecule has 210 valence electrons. The lowest BCUT2D eigenvalue weighted by Gasteiger charge is -2.36. The second-order valence-corrected chi connectivity index (χ2v) is 11.6. The number of hydrogen-bond acceptors (Lipinski definition) is 5. The molecule has 0 radical (unpaired) electrons. The predicted molar refractivity (Wildman–Crippen MR) is 152 cm³/mol. The number of benzene rings is 2. The minimum Gasteiger partial charge on any atom is -0.394 e. The fourth-order valence-corrected chi connectivity index (χ4v) is 7.10. The van der Waals surface area contributed by atoms with E-state index in [-0.39, 0.29) is 42.7 Å². The van der Waals surface area contributed by atoms with Crippen LogP contribution in [-0.4, -0.2) is 59.6 Å². The van der Waals surface area contributed by atoms with E-state index < -0.39 is 11.7 Å². The summed E-state index contributed by atoms with van der Waals surface area (Å²) in [6.07, 6.45) is 4.93. The highest BCUT2D eigenvalue weighted by atomic mass is 16.5. The van der Waals surface area contributed by atoms with Crippen LogP contribution < -0.4 is 9.80 Å². The van der Waals surface area contributed by atoms with Crippen molar-refractivity contribution in [3.05, 3.63) is 71.8 Å². The van der Waals surface area contributed by atoms with Crippen molar-refractivity contribution in [2.45, 2.75) is 69.7 Å². The van der Waals surface area contributed by atoms with Crippen LogP contribution in [0.25, 0.3) is 0 Å². The minimum absolute atomic E-state index is 0.0796. The number of nitrogens with zero attached hydrogens (tertiary/aromatic N) is 3. The number of piperidine rings is 1. The molecule has 2 saturated heterocycles. The largest absolute Gasteiger partial charge is 0.394 e. The van der Waals surface area contributed by atoms with E-state index in [4.69, 9.17) is 4.74 Å². The molecule has 4 atom stereocenters. The zero-order chi connectivity index (χ0) is 28.0. The Bertz CT molecular complexity index is 1360. The molecule has 2 fully saturated rings. The first-order valence-corrected chi connectivity index (χ1v) is 14.4. The Kier molecular flexibility index (Phi) is 7.00. The lowest BCUT2D eigenvalue weighted by Crippen LogP contribution is -2.47. The second-order valence-electron chi connectivity index (χ2n) is 11.6. The predicted octanol–water partition coefficient (Wildman–Crippen LogP) is 3.69. The van der Waals surface area contributed by atoms with Gasteiger partial charge in [-0.05, 0) is 55.0 Å². The van der Waals surface area contributed by atoms with Gasteiger partial charge in [0, 0.05) is 43.2 Å². The number of rotatable bonds is 6. The van der Waals surface area contributed by atoms with E-state index in [2.05, 4.69) is 12.6 Å². The Morgan fingerprint density at radius 3 is 2.73 bits per heavy atom. The van der Waals surface area contributed by atoms with E-state index in [1.165, 1.54) is 0 Å². The first kappa shape index (κ1) is 26.7. The summed E-state index contributed by atoms with van der Waals surface area (Å²) in [6.45, 7) is 7.21. The Morgan fingerprint density at radius 1 is 1.18 bits per heavy atom. The quantitative estimate of drug-likeness (QED) is 0.562. The molecule has 0 bridgehead atoms. The van der Waals surface area contributed by atoms with Crippen LogP contribution in [0, 0.1) is 5.92 Å². The SMILES string of the molecule is C=CCN1C(=O)[C@]2(O[C@H](CC(=O)N3Cc4ccccc4C[C@H]3CO)C[C@@H]2C)c2cc(N3CCCCC3=O)ccc21. The van der Waals surface area contributed by atoms with E-state index in [1.54, 1.807) is 15.9 Å². The topological polar surface area (TPSA) is 90.4 Å². The van der Waals surface area contributed by atoms with E-state index >= 15 is 0 Å². The van der Waals surface area contributed by atoms with Crippen molar-refractivity contribution in [1.29, 1.82) is 0 Å². The number of carbonyl (C=O) groups is 3. The van der Waals surface area contributed by atoms with Gasteiger partial charge in [0.25, 0.3) is 5.91 Å². The van der Waals surface area contributed by atoms with Crippen LogP contribution in [0.15, 0.2) is 55.1 Å². The average Bonchev–Trinajstić information content (AvgIpc) is 3.41. The molecular formula is C32H37N3O5. The summed E-state index contributed by atoms with van der Waals surface area (Å²) in [7, 11) is 0. The van der Waals surface area contributed by atoms with Gasteiger partial charge in [0.2, 0.25) is 11.8 Å². The molecule has 4 heterocycles. The third-order valence-electron chi connectivity index (χ3n) is 9.13. The summed E-state index contributed by atoms with van der Waals surface area (Å²) in [5.74, 6) is -0.302. The van der Waals surface area contributed by atoms with E-state index in [1.807, 2.05) is 48.2 Å². The molecule has 8 heteroatoms. The van der Waals surface area contributed by atoms with Crippen molar-refractivity contribution in [1.82, 2.24) is 4.90 Å². The molecule has 1 N–H and O–H groups in total. The van der Waals surface area contributed by atoms with Gasteiger partial charge >= 0.3 is 0 Å². The Balaban J connectivity index is 1.28. The number of amides is 3. The third-order valence-corrected chi connectivity index (χ3v) is 9.13. The molecule has 8 nitrogen and oxygen atoms in total. The zero-order valence-electron chi connectivity index (χ0n) is 23.1. The molecule has 4 aliphatic heterocycles. The normalized spacial score (nSPS) is 27.8. The minimum atomic E-state index is -1.22. The van der Waals surface area contributed by atoms with Gasteiger partial charge in [0.1, 0.15) is 0 Å². The van der Waals surface area contributed by atoms with Gasteiger partial charge in [-0.3, -0.25) is 14.4 Å². The summed E-state index contributed by atoms with van der Waals surface area (Å²) < 4.78 is 6.67. The van der Waals surface area contributed by atoms with Crippen LogP contribution in [0.4, 0.5) is 11.4 Å². The van der Waals surface area contributed by atoms with Crippen molar-refractivity contribution in [2.75, 3.05) is 29.5 Å². The fraction of sp³-hybridized carbons (Fsp3) is 0.469. The van der Waals surface area contributed by atoms with Gasteiger partial charge in [-0.2, -0.15) is 0 Å². The molecule has 0 unspecified atom stereocenters. The number of ether oxygens (including phenoxy) is 1. The summed E-state index contributed by atoms with van der Waals surface area (Å²) in [4.78, 5) is 45.6. The molecule has 3 amide bonds. The first-order valence-electron chi connectivity index (χ1n) is 14.4. The zero-order valence-corrected chi connectivity index (χ0v) is 23.1. The Labute approximate surface area is 235 Å². The first-order chi connectivity index (χ1) is 19.4. The van der Waals surface area contributed by atoms with Gasteiger partial charge < -0.3 is 24.5 Å². The van der Waals surface area contributed by atoms with Crippen molar-refractivity contribution in [3.8, 4) is 0 Å². The standard InChI is InChI=1S/C32H37N3O5/c1-3-13-34-28-12-11-24(33-14-7-6-10-29(33)37)17-27(28)32(31(34)39)21(2)15-26(40-32)18-30(38)35-19-23-9-5-4-8-22(23)16-25(35)20-36/h3-5,8-9,11-12,17,21,25-26,36H,1,6-7,10,13-16,18-20H2,2H3/t21-,25-,26-,32+/m0/s1. The summed E-state index contributed by atoms with van der Waals surface area (Å²) in [6, 6.07) is 13.5. The van der Waals surface area contributed by atoms with Crippen LogP contribution in [0.1, 0.15) is 55.7 Å². The van der Waals surface area contributed by atoms with Gasteiger partial charge in [-0.25, -0.2) is 0 Å². The van der Waals surface area contributed by atoms with Crippen molar-refractivity contribution in [3.63, 3.8) is 0 Å². The molecule has 0 aliphatic carbocycles. The van der Waals surface area contributed by atoms with Gasteiger partial charge in [-0.1, -0.05) is 37.3 Å². The van der Waals surface area contributed by atoms with Crippen molar-refractivity contribution < 1.29 is 24.2 Å². The van der Waals surface area contributed by atoms with Crippen LogP contribution >= 0.6 is 0 Å². The molecule has 2 aromatic carbocycles. The van der Waals surface area contributed by atoms with E-state index in [0.29, 0.717) is 38.9 Å². The maximum atomic E-state index is 14.1. The molecular weight excluding hydrogens is 506 g/mol. The number of fused-ring (bicyclic) bond motifs is 3. The maximum absolute atomic E-state index is 14.1. The maximum Gasteiger partial charge on any atom is 0.264 e. The fourth-order valence-electron chi connectivity index (χ4n) is 7.10. The summed E-state index contributed by atoms with van der Waals surface area (Å²) in [5.41, 5.74) is 3.35. The summed E-state index contributed by atoms with van der Waals surface area (Å²) in [5, 5.41) is 10.1. The molecule has 4 aliphatic rings. The molecule has 40 heavy (non-hydrogen) atoms. The Morgan fingerprint density at radius 2 is 1.98 bits per heavy atom. The van der Waals surface area contributed by atoms with Gasteiger partial charge in [0.05, 0.1) is 30.9 Å². The molecule has 0 aromatic heterocycles. The lowest BCUT2D eigenvalue weighted by atomic mass is 9.82. The van der Waals surface area contributed by atoms with Crippen LogP contribution in [0.3, 0.4) is 0 Å².